The van der Waals surface area contributed by atoms with Gasteiger partial charge in [0.05, 0.1) is 6.54 Å². The van der Waals surface area contributed by atoms with Crippen molar-refractivity contribution in [2.24, 2.45) is 17.5 Å². The van der Waals surface area contributed by atoms with Crippen LogP contribution in [0.4, 0.5) is 0 Å². The first-order valence-electron chi connectivity index (χ1n) is 8.21. The number of ether oxygens (including phenoxy) is 1. The molecule has 130 valence electrons. The van der Waals surface area contributed by atoms with Crippen LogP contribution in [-0.2, 0) is 18.3 Å². The largest absolute Gasteiger partial charge is 0.385 e. The zero-order valence-electron chi connectivity index (χ0n) is 14.7. The Morgan fingerprint density at radius 2 is 2.26 bits per heavy atom. The summed E-state index contributed by atoms with van der Waals surface area (Å²) in [6.07, 6.45) is 7.11. The van der Waals surface area contributed by atoms with Crippen molar-refractivity contribution in [1.29, 1.82) is 0 Å². The number of hydrogen-bond acceptors (Lipinski definition) is 2. The molecule has 1 aliphatic carbocycles. The van der Waals surface area contributed by atoms with Crippen LogP contribution in [0.3, 0.4) is 0 Å². The fraction of sp³-hybridized carbons (Fsp3) is 0.706. The summed E-state index contributed by atoms with van der Waals surface area (Å²) >= 11 is 3.53. The van der Waals surface area contributed by atoms with Crippen LogP contribution in [0.25, 0.3) is 0 Å². The Morgan fingerprint density at radius 3 is 2.74 bits per heavy atom. The molecule has 0 radical (unpaired) electrons. The standard InChI is InChI=1S/C17H29BrN4O/c1-19-16(20-13-17(6-5-7-17)8-9-23-4)22(3)12-15-10-14(18)11-21(15)2/h10-11H,5-9,12-13H2,1-4H3,(H,19,20). The minimum atomic E-state index is 0.390. The number of methoxy groups -OCH3 is 1. The molecule has 0 bridgehead atoms. The van der Waals surface area contributed by atoms with Gasteiger partial charge >= 0.3 is 0 Å². The van der Waals surface area contributed by atoms with E-state index in [0.29, 0.717) is 5.41 Å². The van der Waals surface area contributed by atoms with Gasteiger partial charge in [-0.05, 0) is 46.7 Å². The van der Waals surface area contributed by atoms with Crippen molar-refractivity contribution in [3.05, 3.63) is 22.4 Å². The maximum Gasteiger partial charge on any atom is 0.193 e. The highest BCUT2D eigenvalue weighted by Crippen LogP contribution is 2.43. The third-order valence-electron chi connectivity index (χ3n) is 4.92. The minimum Gasteiger partial charge on any atom is -0.385 e. The predicted molar refractivity (Wildman–Crippen MR) is 98.7 cm³/mol. The van der Waals surface area contributed by atoms with Crippen molar-refractivity contribution >= 4 is 21.9 Å². The molecule has 1 aromatic rings. The second-order valence-electron chi connectivity index (χ2n) is 6.61. The van der Waals surface area contributed by atoms with E-state index in [1.165, 1.54) is 25.0 Å². The molecule has 1 aromatic heterocycles. The maximum absolute atomic E-state index is 5.27. The average molecular weight is 385 g/mol. The number of aliphatic imine (C=N–C) groups is 1. The van der Waals surface area contributed by atoms with Crippen molar-refractivity contribution in [2.75, 3.05) is 34.4 Å². The van der Waals surface area contributed by atoms with Gasteiger partial charge in [0, 0.05) is 57.8 Å². The molecule has 1 aliphatic rings. The van der Waals surface area contributed by atoms with Gasteiger partial charge in [-0.25, -0.2) is 0 Å². The average Bonchev–Trinajstić information content (AvgIpc) is 2.79. The Hall–Kier alpha value is -1.01. The number of halogens is 1. The Balaban J connectivity index is 1.90. The molecule has 0 spiro atoms. The molecule has 0 aliphatic heterocycles. The van der Waals surface area contributed by atoms with Gasteiger partial charge in [0.2, 0.25) is 0 Å². The lowest BCUT2D eigenvalue weighted by Gasteiger charge is -2.42. The van der Waals surface area contributed by atoms with Crippen molar-refractivity contribution < 1.29 is 4.74 Å². The fourth-order valence-electron chi connectivity index (χ4n) is 3.20. The molecule has 0 saturated heterocycles. The van der Waals surface area contributed by atoms with Crippen LogP contribution >= 0.6 is 15.9 Å². The lowest BCUT2D eigenvalue weighted by Crippen LogP contribution is -2.47. The molecule has 1 heterocycles. The van der Waals surface area contributed by atoms with Crippen molar-refractivity contribution in [3.63, 3.8) is 0 Å². The summed E-state index contributed by atoms with van der Waals surface area (Å²) in [5, 5.41) is 3.57. The van der Waals surface area contributed by atoms with E-state index in [1.54, 1.807) is 7.11 Å². The normalized spacial score (nSPS) is 17.0. The van der Waals surface area contributed by atoms with E-state index < -0.39 is 0 Å². The molecular weight excluding hydrogens is 356 g/mol. The summed E-state index contributed by atoms with van der Waals surface area (Å²) in [6.45, 7) is 2.64. The first kappa shape index (κ1) is 18.3. The van der Waals surface area contributed by atoms with Gasteiger partial charge in [-0.1, -0.05) is 6.42 Å². The number of hydrogen-bond donors (Lipinski definition) is 1. The summed E-state index contributed by atoms with van der Waals surface area (Å²) in [5.41, 5.74) is 1.64. The Kier molecular flexibility index (Phi) is 6.53. The monoisotopic (exact) mass is 384 g/mol. The number of nitrogens with zero attached hydrogens (tertiary/aromatic N) is 3. The van der Waals surface area contributed by atoms with E-state index >= 15 is 0 Å². The topological polar surface area (TPSA) is 41.8 Å². The van der Waals surface area contributed by atoms with Crippen LogP contribution in [0.5, 0.6) is 0 Å². The number of rotatable bonds is 7. The van der Waals surface area contributed by atoms with Crippen LogP contribution < -0.4 is 5.32 Å². The predicted octanol–water partition coefficient (Wildman–Crippen LogP) is 3.00. The number of guanidine groups is 1. The van der Waals surface area contributed by atoms with E-state index in [-0.39, 0.29) is 0 Å². The van der Waals surface area contributed by atoms with E-state index in [4.69, 9.17) is 4.74 Å². The second kappa shape index (κ2) is 8.20. The molecule has 1 saturated carbocycles. The Morgan fingerprint density at radius 1 is 1.52 bits per heavy atom. The first-order chi connectivity index (χ1) is 11.0. The zero-order chi connectivity index (χ0) is 16.9. The van der Waals surface area contributed by atoms with Crippen molar-refractivity contribution in [1.82, 2.24) is 14.8 Å². The van der Waals surface area contributed by atoms with Crippen LogP contribution in [0.15, 0.2) is 21.7 Å². The summed E-state index contributed by atoms with van der Waals surface area (Å²) in [4.78, 5) is 6.61. The molecule has 6 heteroatoms. The molecular formula is C17H29BrN4O. The zero-order valence-corrected chi connectivity index (χ0v) is 16.3. The lowest BCUT2D eigenvalue weighted by atomic mass is 9.67. The third kappa shape index (κ3) is 4.73. The first-order valence-corrected chi connectivity index (χ1v) is 9.00. The number of aromatic nitrogens is 1. The highest BCUT2D eigenvalue weighted by Gasteiger charge is 2.36. The summed E-state index contributed by atoms with van der Waals surface area (Å²) < 4.78 is 8.52. The number of aryl methyl sites for hydroxylation is 1. The lowest BCUT2D eigenvalue weighted by molar-refractivity contribution is 0.0727. The molecule has 1 N–H and O–H groups in total. The Labute approximate surface area is 148 Å². The molecule has 0 aromatic carbocycles. The molecule has 5 nitrogen and oxygen atoms in total. The fourth-order valence-corrected chi connectivity index (χ4v) is 3.77. The van der Waals surface area contributed by atoms with Gasteiger partial charge in [0.1, 0.15) is 0 Å². The highest BCUT2D eigenvalue weighted by atomic mass is 79.9. The number of nitrogens with one attached hydrogen (secondary N) is 1. The van der Waals surface area contributed by atoms with Crippen LogP contribution in [0.2, 0.25) is 0 Å². The molecule has 23 heavy (non-hydrogen) atoms. The van der Waals surface area contributed by atoms with Gasteiger partial charge in [-0.2, -0.15) is 0 Å². The van der Waals surface area contributed by atoms with Gasteiger partial charge < -0.3 is 19.5 Å². The summed E-state index contributed by atoms with van der Waals surface area (Å²) in [7, 11) is 7.78. The van der Waals surface area contributed by atoms with Crippen molar-refractivity contribution in [3.8, 4) is 0 Å². The van der Waals surface area contributed by atoms with Gasteiger partial charge in [-0.3, -0.25) is 4.99 Å². The van der Waals surface area contributed by atoms with Crippen molar-refractivity contribution in [2.45, 2.75) is 32.2 Å². The molecule has 0 atom stereocenters. The van der Waals surface area contributed by atoms with Crippen LogP contribution in [0.1, 0.15) is 31.4 Å². The molecule has 1 fully saturated rings. The van der Waals surface area contributed by atoms with Gasteiger partial charge in [0.15, 0.2) is 5.96 Å². The van der Waals surface area contributed by atoms with Gasteiger partial charge in [-0.15, -0.1) is 0 Å². The molecule has 0 unspecified atom stereocenters. The second-order valence-corrected chi connectivity index (χ2v) is 7.53. The van der Waals surface area contributed by atoms with E-state index in [2.05, 4.69) is 62.1 Å². The van der Waals surface area contributed by atoms with Gasteiger partial charge in [0.25, 0.3) is 0 Å². The quantitative estimate of drug-likeness (QED) is 0.580. The smallest absolute Gasteiger partial charge is 0.193 e. The van der Waals surface area contributed by atoms with E-state index in [1.807, 2.05) is 7.05 Å². The summed E-state index contributed by atoms with van der Waals surface area (Å²) in [6, 6.07) is 2.15. The molecule has 0 amide bonds. The minimum absolute atomic E-state index is 0.390. The maximum atomic E-state index is 5.27. The highest BCUT2D eigenvalue weighted by molar-refractivity contribution is 9.10. The van der Waals surface area contributed by atoms with E-state index in [0.717, 1.165) is 36.5 Å². The van der Waals surface area contributed by atoms with Crippen LogP contribution in [-0.4, -0.2) is 49.8 Å². The van der Waals surface area contributed by atoms with E-state index in [9.17, 15) is 0 Å². The third-order valence-corrected chi connectivity index (χ3v) is 5.35. The molecule has 2 rings (SSSR count). The van der Waals surface area contributed by atoms with Crippen LogP contribution in [0, 0.1) is 5.41 Å². The SMILES string of the molecule is CN=C(NCC1(CCOC)CCC1)N(C)Cc1cc(Br)cn1C. The summed E-state index contributed by atoms with van der Waals surface area (Å²) in [5.74, 6) is 0.950. The Bertz CT molecular complexity index is 537.